The lowest BCUT2D eigenvalue weighted by molar-refractivity contribution is 0.475. The van der Waals surface area contributed by atoms with Crippen molar-refractivity contribution in [2.24, 2.45) is 5.73 Å². The minimum Gasteiger partial charge on any atom is -0.508 e. The van der Waals surface area contributed by atoms with Crippen molar-refractivity contribution in [3.05, 3.63) is 60.7 Å². The van der Waals surface area contributed by atoms with Crippen LogP contribution in [0.15, 0.2) is 60.7 Å². The highest BCUT2D eigenvalue weighted by atomic mass is 16.3. The molecule has 2 aromatic rings. The van der Waals surface area contributed by atoms with Crippen LogP contribution in [0.2, 0.25) is 0 Å². The average Bonchev–Trinajstić information content (AvgIpc) is 2.48. The Labute approximate surface area is 121 Å². The van der Waals surface area contributed by atoms with E-state index in [0.717, 1.165) is 6.54 Å². The molecule has 4 N–H and O–H groups in total. The number of nitrogens with two attached hydrogens (primary N) is 1. The Morgan fingerprint density at radius 2 is 1.15 bits per heavy atom. The fraction of sp³-hybridized carbons (Fsp3) is 0.294. The summed E-state index contributed by atoms with van der Waals surface area (Å²) in [6.45, 7) is 3.03. The maximum atomic E-state index is 8.63. The van der Waals surface area contributed by atoms with Crippen molar-refractivity contribution < 1.29 is 10.2 Å². The minimum atomic E-state index is 0.322. The largest absolute Gasteiger partial charge is 0.508 e. The number of hydrogen-bond donors (Lipinski definition) is 3. The first-order valence-corrected chi connectivity index (χ1v) is 6.88. The lowest BCUT2D eigenvalue weighted by Crippen LogP contribution is -1.96. The molecule has 0 saturated heterocycles. The van der Waals surface area contributed by atoms with Crippen LogP contribution in [0, 0.1) is 0 Å². The lowest BCUT2D eigenvalue weighted by atomic mass is 10.3. The zero-order chi connectivity index (χ0) is 15.1. The maximum Gasteiger partial charge on any atom is 0.115 e. The first-order chi connectivity index (χ1) is 9.70. The van der Waals surface area contributed by atoms with Crippen LogP contribution in [0.4, 0.5) is 0 Å². The summed E-state index contributed by atoms with van der Waals surface area (Å²) >= 11 is 0. The van der Waals surface area contributed by atoms with Gasteiger partial charge in [0.1, 0.15) is 11.5 Å². The van der Waals surface area contributed by atoms with Gasteiger partial charge in [-0.1, -0.05) is 56.2 Å². The molecule has 3 heteroatoms. The molecule has 0 radical (unpaired) electrons. The van der Waals surface area contributed by atoms with E-state index < -0.39 is 0 Å². The molecule has 110 valence electrons. The van der Waals surface area contributed by atoms with Crippen molar-refractivity contribution in [3.63, 3.8) is 0 Å². The van der Waals surface area contributed by atoms with E-state index in [-0.39, 0.29) is 0 Å². The number of aromatic hydroxyl groups is 2. The van der Waals surface area contributed by atoms with Gasteiger partial charge >= 0.3 is 0 Å². The van der Waals surface area contributed by atoms with Crippen LogP contribution in [0.5, 0.6) is 11.5 Å². The molecule has 2 aromatic carbocycles. The molecule has 0 amide bonds. The second kappa shape index (κ2) is 13.4. The minimum absolute atomic E-state index is 0.322. The smallest absolute Gasteiger partial charge is 0.115 e. The van der Waals surface area contributed by atoms with Gasteiger partial charge in [-0.2, -0.15) is 0 Å². The fourth-order valence-corrected chi connectivity index (χ4v) is 1.25. The van der Waals surface area contributed by atoms with Crippen LogP contribution < -0.4 is 5.73 Å². The Morgan fingerprint density at radius 1 is 0.750 bits per heavy atom. The van der Waals surface area contributed by atoms with Crippen molar-refractivity contribution in [2.75, 3.05) is 6.54 Å². The van der Waals surface area contributed by atoms with Crippen LogP contribution >= 0.6 is 0 Å². The highest BCUT2D eigenvalue weighted by molar-refractivity contribution is 5.19. The van der Waals surface area contributed by atoms with E-state index in [9.17, 15) is 0 Å². The molecule has 0 fully saturated rings. The lowest BCUT2D eigenvalue weighted by Gasteiger charge is -1.86. The Bertz CT molecular complexity index is 362. The molecule has 0 aliphatic rings. The molecule has 0 unspecified atom stereocenters. The Balaban J connectivity index is 0.000000272. The standard InChI is InChI=1S/2C6H6O.C5H13N/c2*7-6-4-2-1-3-5-6;1-2-3-4-5-6/h2*1-5,7H;2-6H2,1H3. The van der Waals surface area contributed by atoms with E-state index in [1.807, 2.05) is 12.1 Å². The molecule has 0 aliphatic heterocycles. The zero-order valence-electron chi connectivity index (χ0n) is 12.1. The number of para-hydroxylation sites is 2. The molecule has 0 spiro atoms. The summed E-state index contributed by atoms with van der Waals surface area (Å²) in [6, 6.07) is 17.4. The second-order valence-corrected chi connectivity index (χ2v) is 4.17. The average molecular weight is 275 g/mol. The van der Waals surface area contributed by atoms with Gasteiger partial charge in [-0.25, -0.2) is 0 Å². The third-order valence-electron chi connectivity index (χ3n) is 2.32. The molecular weight excluding hydrogens is 250 g/mol. The summed E-state index contributed by atoms with van der Waals surface area (Å²) in [7, 11) is 0. The van der Waals surface area contributed by atoms with Gasteiger partial charge in [-0.15, -0.1) is 0 Å². The SMILES string of the molecule is CCCCCN.Oc1ccccc1.Oc1ccccc1. The Hall–Kier alpha value is -2.00. The van der Waals surface area contributed by atoms with Gasteiger partial charge in [0.25, 0.3) is 0 Å². The molecule has 2 rings (SSSR count). The summed E-state index contributed by atoms with van der Waals surface area (Å²) in [5, 5.41) is 17.3. The van der Waals surface area contributed by atoms with Gasteiger partial charge in [-0.3, -0.25) is 0 Å². The van der Waals surface area contributed by atoms with Crippen molar-refractivity contribution in [3.8, 4) is 11.5 Å². The van der Waals surface area contributed by atoms with Gasteiger partial charge < -0.3 is 15.9 Å². The molecule has 0 atom stereocenters. The highest BCUT2D eigenvalue weighted by Crippen LogP contribution is 2.03. The van der Waals surface area contributed by atoms with Crippen molar-refractivity contribution in [2.45, 2.75) is 26.2 Å². The molecule has 20 heavy (non-hydrogen) atoms. The molecule has 0 bridgehead atoms. The van der Waals surface area contributed by atoms with Crippen LogP contribution in [-0.4, -0.2) is 16.8 Å². The normalized spacial score (nSPS) is 8.70. The van der Waals surface area contributed by atoms with E-state index in [4.69, 9.17) is 15.9 Å². The molecule has 3 nitrogen and oxygen atoms in total. The monoisotopic (exact) mass is 275 g/mol. The van der Waals surface area contributed by atoms with Gasteiger partial charge in [0.2, 0.25) is 0 Å². The number of unbranched alkanes of at least 4 members (excludes halogenated alkanes) is 2. The second-order valence-electron chi connectivity index (χ2n) is 4.17. The summed E-state index contributed by atoms with van der Waals surface area (Å²) in [6.07, 6.45) is 3.75. The highest BCUT2D eigenvalue weighted by Gasteiger charge is 1.76. The van der Waals surface area contributed by atoms with Crippen molar-refractivity contribution >= 4 is 0 Å². The van der Waals surface area contributed by atoms with E-state index >= 15 is 0 Å². The number of rotatable bonds is 3. The van der Waals surface area contributed by atoms with Crippen LogP contribution in [0.1, 0.15) is 26.2 Å². The van der Waals surface area contributed by atoms with E-state index in [2.05, 4.69) is 6.92 Å². The number of phenols is 2. The Kier molecular flexibility index (Phi) is 12.1. The molecule has 0 saturated carbocycles. The van der Waals surface area contributed by atoms with E-state index in [1.54, 1.807) is 48.5 Å². The van der Waals surface area contributed by atoms with Gasteiger partial charge in [0.15, 0.2) is 0 Å². The van der Waals surface area contributed by atoms with E-state index in [0.29, 0.717) is 11.5 Å². The predicted molar refractivity (Wildman–Crippen MR) is 84.8 cm³/mol. The van der Waals surface area contributed by atoms with Crippen molar-refractivity contribution in [1.29, 1.82) is 0 Å². The summed E-state index contributed by atoms with van der Waals surface area (Å²) in [4.78, 5) is 0. The first-order valence-electron chi connectivity index (χ1n) is 6.88. The predicted octanol–water partition coefficient (Wildman–Crippen LogP) is 3.92. The topological polar surface area (TPSA) is 66.5 Å². The summed E-state index contributed by atoms with van der Waals surface area (Å²) in [5.41, 5.74) is 5.21. The van der Waals surface area contributed by atoms with Gasteiger partial charge in [-0.05, 0) is 37.2 Å². The summed E-state index contributed by atoms with van der Waals surface area (Å²) in [5.74, 6) is 0.644. The number of hydrogen-bond acceptors (Lipinski definition) is 3. The Morgan fingerprint density at radius 3 is 1.30 bits per heavy atom. The fourth-order valence-electron chi connectivity index (χ4n) is 1.25. The van der Waals surface area contributed by atoms with E-state index in [1.165, 1.54) is 19.3 Å². The van der Waals surface area contributed by atoms with Crippen LogP contribution in [-0.2, 0) is 0 Å². The van der Waals surface area contributed by atoms with Gasteiger partial charge in [0, 0.05) is 0 Å². The summed E-state index contributed by atoms with van der Waals surface area (Å²) < 4.78 is 0. The number of phenolic OH excluding ortho intramolecular Hbond substituents is 2. The molecule has 0 heterocycles. The van der Waals surface area contributed by atoms with Crippen molar-refractivity contribution in [1.82, 2.24) is 0 Å². The molecule has 0 aromatic heterocycles. The van der Waals surface area contributed by atoms with Gasteiger partial charge in [0.05, 0.1) is 0 Å². The quantitative estimate of drug-likeness (QED) is 0.744. The first kappa shape index (κ1) is 18.0. The van der Waals surface area contributed by atoms with Crippen LogP contribution in [0.25, 0.3) is 0 Å². The zero-order valence-corrected chi connectivity index (χ0v) is 12.1. The molecule has 0 aliphatic carbocycles. The molecular formula is C17H25NO2. The maximum absolute atomic E-state index is 8.63. The van der Waals surface area contributed by atoms with Crippen LogP contribution in [0.3, 0.4) is 0 Å². The third-order valence-corrected chi connectivity index (χ3v) is 2.32. The third kappa shape index (κ3) is 12.5. The number of benzene rings is 2.